The first-order valence-corrected chi connectivity index (χ1v) is 6.37. The summed E-state index contributed by atoms with van der Waals surface area (Å²) in [5, 5.41) is 15.1. The van der Waals surface area contributed by atoms with Gasteiger partial charge >= 0.3 is 0 Å². The van der Waals surface area contributed by atoms with E-state index in [9.17, 15) is 4.79 Å². The van der Waals surface area contributed by atoms with Crippen molar-refractivity contribution in [3.8, 4) is 0 Å². The lowest BCUT2D eigenvalue weighted by atomic mass is 10.1. The third kappa shape index (κ3) is 4.85. The Kier molecular flexibility index (Phi) is 6.39. The first-order chi connectivity index (χ1) is 8.67. The van der Waals surface area contributed by atoms with Gasteiger partial charge in [0.2, 0.25) is 5.91 Å². The summed E-state index contributed by atoms with van der Waals surface area (Å²) in [6.45, 7) is 5.25. The largest absolute Gasteiger partial charge is 0.392 e. The minimum atomic E-state index is -0.214. The van der Waals surface area contributed by atoms with Crippen LogP contribution >= 0.6 is 0 Å². The average Bonchev–Trinajstić information content (AvgIpc) is 2.42. The van der Waals surface area contributed by atoms with Gasteiger partial charge in [-0.2, -0.15) is 0 Å². The van der Waals surface area contributed by atoms with Crippen molar-refractivity contribution in [2.45, 2.75) is 39.5 Å². The number of hydrogen-bond acceptors (Lipinski definition) is 3. The van der Waals surface area contributed by atoms with Crippen molar-refractivity contribution in [2.24, 2.45) is 0 Å². The standard InChI is InChI=1S/C14H22N2O2/c1-3-7-15-14(18)11(2)16-9-12-5-4-6-13(8-12)10-17/h4-6,8,11,16-17H,3,7,9-10H2,1-2H3,(H,15,18). The Labute approximate surface area is 108 Å². The van der Waals surface area contributed by atoms with Gasteiger partial charge in [0.15, 0.2) is 0 Å². The van der Waals surface area contributed by atoms with E-state index in [1.54, 1.807) is 0 Å². The number of carbonyl (C=O) groups excluding carboxylic acids is 1. The van der Waals surface area contributed by atoms with Crippen LogP contribution in [0.3, 0.4) is 0 Å². The predicted octanol–water partition coefficient (Wildman–Crippen LogP) is 1.18. The molecule has 1 aromatic carbocycles. The molecule has 18 heavy (non-hydrogen) atoms. The average molecular weight is 250 g/mol. The predicted molar refractivity (Wildman–Crippen MR) is 72.0 cm³/mol. The quantitative estimate of drug-likeness (QED) is 0.681. The highest BCUT2D eigenvalue weighted by molar-refractivity contribution is 5.81. The number of rotatable bonds is 7. The van der Waals surface area contributed by atoms with Gasteiger partial charge in [-0.15, -0.1) is 0 Å². The fourth-order valence-corrected chi connectivity index (χ4v) is 1.60. The second-order valence-corrected chi connectivity index (χ2v) is 4.37. The van der Waals surface area contributed by atoms with E-state index in [4.69, 9.17) is 5.11 Å². The molecule has 1 atom stereocenters. The Balaban J connectivity index is 2.41. The van der Waals surface area contributed by atoms with Crippen molar-refractivity contribution in [3.63, 3.8) is 0 Å². The monoisotopic (exact) mass is 250 g/mol. The summed E-state index contributed by atoms with van der Waals surface area (Å²) in [4.78, 5) is 11.6. The molecule has 0 aliphatic rings. The minimum absolute atomic E-state index is 0.0233. The molecular formula is C14H22N2O2. The molecule has 4 heteroatoms. The van der Waals surface area contributed by atoms with E-state index in [0.717, 1.165) is 17.5 Å². The normalized spacial score (nSPS) is 12.2. The number of aliphatic hydroxyl groups excluding tert-OH is 1. The van der Waals surface area contributed by atoms with Gasteiger partial charge in [-0.25, -0.2) is 0 Å². The van der Waals surface area contributed by atoms with E-state index in [0.29, 0.717) is 13.1 Å². The molecule has 100 valence electrons. The molecule has 0 aromatic heterocycles. The highest BCUT2D eigenvalue weighted by atomic mass is 16.3. The molecule has 0 radical (unpaired) electrons. The molecule has 0 saturated carbocycles. The summed E-state index contributed by atoms with van der Waals surface area (Å²) in [6.07, 6.45) is 0.941. The van der Waals surface area contributed by atoms with Crippen molar-refractivity contribution in [1.29, 1.82) is 0 Å². The summed E-state index contributed by atoms with van der Waals surface area (Å²) in [5.41, 5.74) is 1.95. The molecule has 1 aromatic rings. The highest BCUT2D eigenvalue weighted by Crippen LogP contribution is 2.05. The van der Waals surface area contributed by atoms with Crippen LogP contribution < -0.4 is 10.6 Å². The maximum Gasteiger partial charge on any atom is 0.236 e. The lowest BCUT2D eigenvalue weighted by Gasteiger charge is -2.14. The van der Waals surface area contributed by atoms with Crippen molar-refractivity contribution >= 4 is 5.91 Å². The number of aliphatic hydroxyl groups is 1. The highest BCUT2D eigenvalue weighted by Gasteiger charge is 2.10. The summed E-state index contributed by atoms with van der Waals surface area (Å²) < 4.78 is 0. The summed E-state index contributed by atoms with van der Waals surface area (Å²) >= 11 is 0. The van der Waals surface area contributed by atoms with Crippen LogP contribution in [0, 0.1) is 0 Å². The van der Waals surface area contributed by atoms with Crippen LogP contribution in [0.4, 0.5) is 0 Å². The molecule has 1 amide bonds. The number of amides is 1. The van der Waals surface area contributed by atoms with Crippen LogP contribution in [-0.2, 0) is 17.9 Å². The first-order valence-electron chi connectivity index (χ1n) is 6.37. The van der Waals surface area contributed by atoms with Crippen LogP contribution in [0.5, 0.6) is 0 Å². The molecule has 3 N–H and O–H groups in total. The van der Waals surface area contributed by atoms with Gasteiger partial charge in [-0.1, -0.05) is 31.2 Å². The lowest BCUT2D eigenvalue weighted by Crippen LogP contribution is -2.42. The molecular weight excluding hydrogens is 228 g/mol. The zero-order valence-corrected chi connectivity index (χ0v) is 11.1. The number of benzene rings is 1. The minimum Gasteiger partial charge on any atom is -0.392 e. The van der Waals surface area contributed by atoms with Crippen molar-refractivity contribution in [2.75, 3.05) is 6.54 Å². The Morgan fingerprint density at radius 3 is 2.78 bits per heavy atom. The maximum atomic E-state index is 11.6. The zero-order chi connectivity index (χ0) is 13.4. The maximum absolute atomic E-state index is 11.6. The SMILES string of the molecule is CCCNC(=O)C(C)NCc1cccc(CO)c1. The van der Waals surface area contributed by atoms with Gasteiger partial charge in [0.25, 0.3) is 0 Å². The number of carbonyl (C=O) groups is 1. The molecule has 0 spiro atoms. The second-order valence-electron chi connectivity index (χ2n) is 4.37. The van der Waals surface area contributed by atoms with Crippen LogP contribution in [0.1, 0.15) is 31.4 Å². The van der Waals surface area contributed by atoms with Gasteiger partial charge in [0, 0.05) is 13.1 Å². The first kappa shape index (κ1) is 14.7. The van der Waals surface area contributed by atoms with E-state index in [2.05, 4.69) is 10.6 Å². The lowest BCUT2D eigenvalue weighted by molar-refractivity contribution is -0.122. The molecule has 0 aliphatic carbocycles. The van der Waals surface area contributed by atoms with E-state index < -0.39 is 0 Å². The van der Waals surface area contributed by atoms with Crippen LogP contribution in [0.25, 0.3) is 0 Å². The van der Waals surface area contributed by atoms with Gasteiger partial charge in [-0.3, -0.25) is 4.79 Å². The molecule has 0 fully saturated rings. The molecule has 4 nitrogen and oxygen atoms in total. The van der Waals surface area contributed by atoms with E-state index in [1.165, 1.54) is 0 Å². The summed E-state index contributed by atoms with van der Waals surface area (Å²) in [6, 6.07) is 7.48. The van der Waals surface area contributed by atoms with Gasteiger partial charge in [-0.05, 0) is 24.5 Å². The van der Waals surface area contributed by atoms with Crippen LogP contribution in [0.15, 0.2) is 24.3 Å². The Morgan fingerprint density at radius 2 is 2.11 bits per heavy atom. The van der Waals surface area contributed by atoms with Gasteiger partial charge in [0.05, 0.1) is 12.6 Å². The fourth-order valence-electron chi connectivity index (χ4n) is 1.60. The Hall–Kier alpha value is -1.39. The molecule has 0 heterocycles. The summed E-state index contributed by atoms with van der Waals surface area (Å²) in [7, 11) is 0. The molecule has 0 aliphatic heterocycles. The topological polar surface area (TPSA) is 61.4 Å². The van der Waals surface area contributed by atoms with E-state index in [-0.39, 0.29) is 18.6 Å². The molecule has 1 rings (SSSR count). The van der Waals surface area contributed by atoms with E-state index in [1.807, 2.05) is 38.1 Å². The third-order valence-corrected chi connectivity index (χ3v) is 2.73. The Morgan fingerprint density at radius 1 is 1.39 bits per heavy atom. The number of hydrogen-bond donors (Lipinski definition) is 3. The van der Waals surface area contributed by atoms with Gasteiger partial charge in [0.1, 0.15) is 0 Å². The van der Waals surface area contributed by atoms with Crippen LogP contribution in [0.2, 0.25) is 0 Å². The second kappa shape index (κ2) is 7.84. The Bertz CT molecular complexity index is 380. The van der Waals surface area contributed by atoms with Gasteiger partial charge < -0.3 is 15.7 Å². The van der Waals surface area contributed by atoms with Crippen LogP contribution in [-0.4, -0.2) is 23.6 Å². The number of nitrogens with one attached hydrogen (secondary N) is 2. The zero-order valence-electron chi connectivity index (χ0n) is 11.1. The fraction of sp³-hybridized carbons (Fsp3) is 0.500. The third-order valence-electron chi connectivity index (χ3n) is 2.73. The molecule has 0 bridgehead atoms. The van der Waals surface area contributed by atoms with Crippen molar-refractivity contribution < 1.29 is 9.90 Å². The molecule has 1 unspecified atom stereocenters. The summed E-state index contributed by atoms with van der Waals surface area (Å²) in [5.74, 6) is 0.0233. The van der Waals surface area contributed by atoms with Crippen molar-refractivity contribution in [3.05, 3.63) is 35.4 Å². The molecule has 0 saturated heterocycles. The van der Waals surface area contributed by atoms with Crippen molar-refractivity contribution in [1.82, 2.24) is 10.6 Å². The van der Waals surface area contributed by atoms with E-state index >= 15 is 0 Å². The smallest absolute Gasteiger partial charge is 0.236 e.